The third-order valence-electron chi connectivity index (χ3n) is 2.99. The smallest absolute Gasteiger partial charge is 0.166 e. The molecule has 94 valence electrons. The molecule has 2 aromatic rings. The van der Waals surface area contributed by atoms with E-state index in [4.69, 9.17) is 0 Å². The highest BCUT2D eigenvalue weighted by Crippen LogP contribution is 2.14. The van der Waals surface area contributed by atoms with E-state index >= 15 is 0 Å². The molecular formula is C14H15FN2O. The van der Waals surface area contributed by atoms with E-state index in [0.717, 1.165) is 5.82 Å². The van der Waals surface area contributed by atoms with Crippen molar-refractivity contribution in [3.05, 3.63) is 53.4 Å². The number of hydrogen-bond acceptors (Lipinski definition) is 2. The normalized spacial score (nSPS) is 10.6. The Hall–Kier alpha value is -1.97. The number of ketones is 1. The number of Topliss-reactive ketones (excluding diaryl/α,β-unsaturated/α-hetero) is 1. The number of aryl methyl sites for hydroxylation is 3. The minimum absolute atomic E-state index is 0.171. The molecule has 0 saturated heterocycles. The monoisotopic (exact) mass is 246 g/mol. The van der Waals surface area contributed by atoms with Crippen LogP contribution in [0.5, 0.6) is 0 Å². The van der Waals surface area contributed by atoms with Gasteiger partial charge < -0.3 is 4.57 Å². The lowest BCUT2D eigenvalue weighted by Gasteiger charge is -2.05. The second-order valence-electron chi connectivity index (χ2n) is 4.31. The Morgan fingerprint density at radius 2 is 2.22 bits per heavy atom. The van der Waals surface area contributed by atoms with Gasteiger partial charge in [0.05, 0.1) is 5.56 Å². The fraction of sp³-hybridized carbons (Fsp3) is 0.286. The number of halogens is 1. The van der Waals surface area contributed by atoms with Crippen molar-refractivity contribution in [2.75, 3.05) is 0 Å². The third-order valence-corrected chi connectivity index (χ3v) is 2.99. The summed E-state index contributed by atoms with van der Waals surface area (Å²) in [5.41, 5.74) is 0.669. The lowest BCUT2D eigenvalue weighted by Crippen LogP contribution is -2.07. The summed E-state index contributed by atoms with van der Waals surface area (Å²) in [6.45, 7) is 1.66. The topological polar surface area (TPSA) is 34.9 Å². The first-order valence-corrected chi connectivity index (χ1v) is 5.84. The van der Waals surface area contributed by atoms with Crippen molar-refractivity contribution < 1.29 is 9.18 Å². The van der Waals surface area contributed by atoms with Gasteiger partial charge in [-0.05, 0) is 18.6 Å². The first-order valence-electron chi connectivity index (χ1n) is 5.84. The van der Waals surface area contributed by atoms with Crippen LogP contribution in [0.3, 0.4) is 0 Å². The molecule has 0 spiro atoms. The van der Waals surface area contributed by atoms with Crippen molar-refractivity contribution in [1.82, 2.24) is 9.55 Å². The van der Waals surface area contributed by atoms with E-state index in [1.54, 1.807) is 25.3 Å². The number of rotatable bonds is 4. The van der Waals surface area contributed by atoms with E-state index < -0.39 is 5.82 Å². The molecule has 0 saturated carbocycles. The Balaban J connectivity index is 2.09. The molecule has 1 heterocycles. The van der Waals surface area contributed by atoms with Gasteiger partial charge in [-0.3, -0.25) is 4.79 Å². The van der Waals surface area contributed by atoms with Crippen LogP contribution in [0, 0.1) is 12.7 Å². The first kappa shape index (κ1) is 12.5. The molecular weight excluding hydrogens is 231 g/mol. The predicted octanol–water partition coefficient (Wildman–Crippen LogP) is 2.68. The van der Waals surface area contributed by atoms with E-state index in [2.05, 4.69) is 4.98 Å². The summed E-state index contributed by atoms with van der Waals surface area (Å²) in [6.07, 6.45) is 4.31. The molecule has 0 unspecified atom stereocenters. The molecule has 0 atom stereocenters. The van der Waals surface area contributed by atoms with Crippen molar-refractivity contribution in [1.29, 1.82) is 0 Å². The Kier molecular flexibility index (Phi) is 3.55. The van der Waals surface area contributed by atoms with Gasteiger partial charge in [0.15, 0.2) is 5.78 Å². The van der Waals surface area contributed by atoms with Crippen molar-refractivity contribution in [2.24, 2.45) is 7.05 Å². The van der Waals surface area contributed by atoms with Crippen LogP contribution in [0.25, 0.3) is 0 Å². The summed E-state index contributed by atoms with van der Waals surface area (Å²) in [5, 5.41) is 0. The molecule has 0 amide bonds. The number of hydrogen-bond donors (Lipinski definition) is 0. The SMILES string of the molecule is Cc1cccc(C(=O)CCc2nccn2C)c1F. The molecule has 2 rings (SSSR count). The van der Waals surface area contributed by atoms with Gasteiger partial charge in [-0.15, -0.1) is 0 Å². The average molecular weight is 246 g/mol. The minimum Gasteiger partial charge on any atom is -0.338 e. The van der Waals surface area contributed by atoms with Crippen LogP contribution in [0.4, 0.5) is 4.39 Å². The highest BCUT2D eigenvalue weighted by atomic mass is 19.1. The van der Waals surface area contributed by atoms with E-state index in [1.807, 2.05) is 17.8 Å². The quantitative estimate of drug-likeness (QED) is 0.777. The summed E-state index contributed by atoms with van der Waals surface area (Å²) in [4.78, 5) is 16.1. The van der Waals surface area contributed by atoms with Crippen LogP contribution < -0.4 is 0 Å². The zero-order valence-corrected chi connectivity index (χ0v) is 10.5. The molecule has 4 heteroatoms. The fourth-order valence-electron chi connectivity index (χ4n) is 1.86. The lowest BCUT2D eigenvalue weighted by atomic mass is 10.0. The second-order valence-corrected chi connectivity index (χ2v) is 4.31. The van der Waals surface area contributed by atoms with Crippen LogP contribution in [-0.4, -0.2) is 15.3 Å². The molecule has 0 aliphatic carbocycles. The number of benzene rings is 1. The zero-order valence-electron chi connectivity index (χ0n) is 10.5. The predicted molar refractivity (Wildman–Crippen MR) is 67.0 cm³/mol. The van der Waals surface area contributed by atoms with E-state index in [0.29, 0.717) is 12.0 Å². The summed E-state index contributed by atoms with van der Waals surface area (Å²) in [7, 11) is 1.88. The maximum atomic E-state index is 13.8. The van der Waals surface area contributed by atoms with Crippen LogP contribution in [0.15, 0.2) is 30.6 Å². The molecule has 0 radical (unpaired) electrons. The largest absolute Gasteiger partial charge is 0.338 e. The minimum atomic E-state index is -0.414. The molecule has 1 aromatic heterocycles. The van der Waals surface area contributed by atoms with Gasteiger partial charge in [-0.25, -0.2) is 9.37 Å². The Labute approximate surface area is 105 Å². The van der Waals surface area contributed by atoms with Crippen LogP contribution in [-0.2, 0) is 13.5 Å². The number of carbonyl (C=O) groups is 1. The highest BCUT2D eigenvalue weighted by molar-refractivity contribution is 5.96. The van der Waals surface area contributed by atoms with Crippen LogP contribution >= 0.6 is 0 Å². The summed E-state index contributed by atoms with van der Waals surface area (Å²) in [5.74, 6) is 0.234. The highest BCUT2D eigenvalue weighted by Gasteiger charge is 2.13. The maximum absolute atomic E-state index is 13.8. The second kappa shape index (κ2) is 5.12. The molecule has 3 nitrogen and oxygen atoms in total. The summed E-state index contributed by atoms with van der Waals surface area (Å²) in [6, 6.07) is 4.89. The molecule has 1 aromatic carbocycles. The molecule has 0 bridgehead atoms. The summed E-state index contributed by atoms with van der Waals surface area (Å²) >= 11 is 0. The number of carbonyl (C=O) groups excluding carboxylic acids is 1. The van der Waals surface area contributed by atoms with Gasteiger partial charge in [-0.1, -0.05) is 12.1 Å². The Morgan fingerprint density at radius 3 is 2.89 bits per heavy atom. The third kappa shape index (κ3) is 2.47. The van der Waals surface area contributed by atoms with Crippen molar-refractivity contribution >= 4 is 5.78 Å². The average Bonchev–Trinajstić information content (AvgIpc) is 2.75. The van der Waals surface area contributed by atoms with Crippen molar-refractivity contribution in [2.45, 2.75) is 19.8 Å². The number of imidazole rings is 1. The molecule has 0 fully saturated rings. The maximum Gasteiger partial charge on any atom is 0.166 e. The number of aromatic nitrogens is 2. The Morgan fingerprint density at radius 1 is 1.44 bits per heavy atom. The molecule has 0 N–H and O–H groups in total. The van der Waals surface area contributed by atoms with Crippen molar-refractivity contribution in [3.63, 3.8) is 0 Å². The summed E-state index contributed by atoms with van der Waals surface area (Å²) < 4.78 is 15.6. The van der Waals surface area contributed by atoms with Crippen molar-refractivity contribution in [3.8, 4) is 0 Å². The van der Waals surface area contributed by atoms with Crippen LogP contribution in [0.2, 0.25) is 0 Å². The van der Waals surface area contributed by atoms with Gasteiger partial charge in [0.1, 0.15) is 11.6 Å². The fourth-order valence-corrected chi connectivity index (χ4v) is 1.86. The van der Waals surface area contributed by atoms with E-state index in [9.17, 15) is 9.18 Å². The molecule has 18 heavy (non-hydrogen) atoms. The van der Waals surface area contributed by atoms with Crippen LogP contribution in [0.1, 0.15) is 28.2 Å². The zero-order chi connectivity index (χ0) is 13.1. The van der Waals surface area contributed by atoms with Gasteiger partial charge in [0.2, 0.25) is 0 Å². The standard InChI is InChI=1S/C14H15FN2O/c1-10-4-3-5-11(14(10)15)12(18)6-7-13-16-8-9-17(13)2/h3-5,8-9H,6-7H2,1-2H3. The van der Waals surface area contributed by atoms with Gasteiger partial charge in [0.25, 0.3) is 0 Å². The number of nitrogens with zero attached hydrogens (tertiary/aromatic N) is 2. The molecule has 0 aliphatic rings. The Bertz CT molecular complexity index is 575. The first-order chi connectivity index (χ1) is 8.59. The van der Waals surface area contributed by atoms with E-state index in [1.165, 1.54) is 6.07 Å². The lowest BCUT2D eigenvalue weighted by molar-refractivity contribution is 0.0978. The van der Waals surface area contributed by atoms with Gasteiger partial charge in [0, 0.05) is 32.3 Å². The molecule has 0 aliphatic heterocycles. The van der Waals surface area contributed by atoms with E-state index in [-0.39, 0.29) is 17.8 Å². The van der Waals surface area contributed by atoms with Gasteiger partial charge in [-0.2, -0.15) is 0 Å². The van der Waals surface area contributed by atoms with Gasteiger partial charge >= 0.3 is 0 Å².